The zero-order valence-electron chi connectivity index (χ0n) is 24.3. The second-order valence-electron chi connectivity index (χ2n) is 11.1. The first kappa shape index (κ1) is 31.9. The Morgan fingerprint density at radius 2 is 1.64 bits per heavy atom. The lowest BCUT2D eigenvalue weighted by molar-refractivity contribution is -0.137. The molecule has 2 rings (SSSR count). The number of anilines is 1. The van der Waals surface area contributed by atoms with Gasteiger partial charge in [0.25, 0.3) is 0 Å². The van der Waals surface area contributed by atoms with Crippen LogP contribution in [0.15, 0.2) is 36.4 Å². The Labute approximate surface area is 233 Å². The summed E-state index contributed by atoms with van der Waals surface area (Å²) >= 11 is 0. The molecule has 0 unspecified atom stereocenters. The van der Waals surface area contributed by atoms with Crippen molar-refractivity contribution in [3.63, 3.8) is 0 Å². The van der Waals surface area contributed by atoms with Crippen molar-refractivity contribution in [2.75, 3.05) is 18.1 Å². The number of aldehydes is 1. The maximum atomic E-state index is 13.0. The van der Waals surface area contributed by atoms with E-state index in [2.05, 4.69) is 12.1 Å². The Morgan fingerprint density at radius 1 is 0.949 bits per heavy atom. The number of amides is 1. The van der Waals surface area contributed by atoms with E-state index in [9.17, 15) is 14.4 Å². The van der Waals surface area contributed by atoms with Gasteiger partial charge in [0.2, 0.25) is 0 Å². The van der Waals surface area contributed by atoms with Gasteiger partial charge in [-0.05, 0) is 107 Å². The summed E-state index contributed by atoms with van der Waals surface area (Å²) < 4.78 is 11.6. The van der Waals surface area contributed by atoms with Gasteiger partial charge in [-0.2, -0.15) is 0 Å². The molecule has 0 fully saturated rings. The fraction of sp³-hybridized carbons (Fsp3) is 0.531. The van der Waals surface area contributed by atoms with Gasteiger partial charge in [-0.25, -0.2) is 4.79 Å². The maximum Gasteiger partial charge on any atom is 0.414 e. The second-order valence-corrected chi connectivity index (χ2v) is 11.1. The summed E-state index contributed by atoms with van der Waals surface area (Å²) in [4.78, 5) is 36.6. The van der Waals surface area contributed by atoms with E-state index in [0.29, 0.717) is 32.4 Å². The predicted molar refractivity (Wildman–Crippen MR) is 155 cm³/mol. The highest BCUT2D eigenvalue weighted by Crippen LogP contribution is 2.27. The molecule has 0 saturated heterocycles. The third-order valence-corrected chi connectivity index (χ3v) is 6.24. The standard InChI is InChI=1S/C32H45NO6/c1-24-21-25(2)23-27(22-24)33(31(37)39-32(3,4)5)18-9-7-6-8-13-26-14-10-16-29(28(26)15-11-19-34)38-20-12-17-30(35)36/h10,14,16,19,21-23H,6-9,11-13,15,17-18,20H2,1-5H3,(H,35,36). The van der Waals surface area contributed by atoms with Gasteiger partial charge < -0.3 is 19.4 Å². The summed E-state index contributed by atoms with van der Waals surface area (Å²) in [7, 11) is 0. The largest absolute Gasteiger partial charge is 0.493 e. The molecule has 1 amide bonds. The SMILES string of the molecule is Cc1cc(C)cc(N(CCCCCCc2cccc(OCCCC(=O)O)c2CCC=O)C(=O)OC(C)(C)C)c1. The van der Waals surface area contributed by atoms with Gasteiger partial charge in [-0.1, -0.05) is 31.0 Å². The molecule has 2 aromatic carbocycles. The van der Waals surface area contributed by atoms with Crippen molar-refractivity contribution in [1.29, 1.82) is 0 Å². The van der Waals surface area contributed by atoms with Crippen LogP contribution in [0.3, 0.4) is 0 Å². The number of benzene rings is 2. The third-order valence-electron chi connectivity index (χ3n) is 6.24. The van der Waals surface area contributed by atoms with Crippen molar-refractivity contribution in [3.8, 4) is 5.75 Å². The first-order valence-electron chi connectivity index (χ1n) is 14.0. The summed E-state index contributed by atoms with van der Waals surface area (Å²) in [6, 6.07) is 12.1. The van der Waals surface area contributed by atoms with Crippen molar-refractivity contribution in [3.05, 3.63) is 58.7 Å². The number of carbonyl (C=O) groups is 3. The number of rotatable bonds is 16. The van der Waals surface area contributed by atoms with Gasteiger partial charge in [0, 0.05) is 25.1 Å². The fourth-order valence-corrected chi connectivity index (χ4v) is 4.56. The summed E-state index contributed by atoms with van der Waals surface area (Å²) in [6.45, 7) is 10.6. The molecule has 0 aliphatic rings. The summed E-state index contributed by atoms with van der Waals surface area (Å²) in [6.07, 6.45) is 6.80. The Balaban J connectivity index is 1.95. The Kier molecular flexibility index (Phi) is 13.0. The fourth-order valence-electron chi connectivity index (χ4n) is 4.56. The Bertz CT molecular complexity index is 1070. The highest BCUT2D eigenvalue weighted by atomic mass is 16.6. The topological polar surface area (TPSA) is 93.1 Å². The van der Waals surface area contributed by atoms with E-state index < -0.39 is 11.6 Å². The van der Waals surface area contributed by atoms with Crippen molar-refractivity contribution in [1.82, 2.24) is 0 Å². The normalized spacial score (nSPS) is 11.2. The van der Waals surface area contributed by atoms with Crippen LogP contribution in [0.2, 0.25) is 0 Å². The smallest absolute Gasteiger partial charge is 0.414 e. The van der Waals surface area contributed by atoms with Gasteiger partial charge >= 0.3 is 12.1 Å². The highest BCUT2D eigenvalue weighted by molar-refractivity contribution is 5.88. The summed E-state index contributed by atoms with van der Waals surface area (Å²) in [5.74, 6) is -0.0991. The number of aryl methyl sites for hydroxylation is 3. The van der Waals surface area contributed by atoms with Crippen LogP contribution in [0.25, 0.3) is 0 Å². The number of hydrogen-bond acceptors (Lipinski definition) is 5. The molecule has 0 saturated carbocycles. The number of ether oxygens (including phenoxy) is 2. The van der Waals surface area contributed by atoms with E-state index in [4.69, 9.17) is 14.6 Å². The van der Waals surface area contributed by atoms with E-state index >= 15 is 0 Å². The van der Waals surface area contributed by atoms with E-state index in [1.54, 1.807) is 4.90 Å². The predicted octanol–water partition coefficient (Wildman–Crippen LogP) is 7.22. The number of carbonyl (C=O) groups excluding carboxylic acids is 2. The molecule has 0 aliphatic carbocycles. The van der Waals surface area contributed by atoms with Crippen molar-refractivity contribution in [2.45, 2.75) is 98.0 Å². The minimum absolute atomic E-state index is 0.0677. The molecule has 0 radical (unpaired) electrons. The third kappa shape index (κ3) is 11.9. The Morgan fingerprint density at radius 3 is 2.28 bits per heavy atom. The molecule has 7 nitrogen and oxygen atoms in total. The van der Waals surface area contributed by atoms with Crippen LogP contribution < -0.4 is 9.64 Å². The molecule has 1 N–H and O–H groups in total. The molecule has 7 heteroatoms. The molecule has 214 valence electrons. The maximum absolute atomic E-state index is 13.0. The number of nitrogens with zero attached hydrogens (tertiary/aromatic N) is 1. The zero-order chi connectivity index (χ0) is 28.8. The molecule has 0 bridgehead atoms. The van der Waals surface area contributed by atoms with Crippen LogP contribution in [-0.2, 0) is 27.2 Å². The van der Waals surface area contributed by atoms with Crippen LogP contribution in [0.1, 0.15) is 88.0 Å². The Hall–Kier alpha value is -3.35. The van der Waals surface area contributed by atoms with Crippen molar-refractivity contribution < 1.29 is 29.0 Å². The van der Waals surface area contributed by atoms with Gasteiger partial charge in [-0.3, -0.25) is 9.69 Å². The first-order valence-corrected chi connectivity index (χ1v) is 14.0. The van der Waals surface area contributed by atoms with Crippen molar-refractivity contribution >= 4 is 24.0 Å². The average Bonchev–Trinajstić information content (AvgIpc) is 2.83. The number of aliphatic carboxylic acids is 1. The van der Waals surface area contributed by atoms with E-state index in [1.165, 1.54) is 5.56 Å². The van der Waals surface area contributed by atoms with Gasteiger partial charge in [-0.15, -0.1) is 0 Å². The lowest BCUT2D eigenvalue weighted by Crippen LogP contribution is -2.37. The minimum atomic E-state index is -0.836. The van der Waals surface area contributed by atoms with E-state index in [-0.39, 0.29) is 12.5 Å². The van der Waals surface area contributed by atoms with E-state index in [0.717, 1.165) is 66.5 Å². The van der Waals surface area contributed by atoms with Gasteiger partial charge in [0.15, 0.2) is 0 Å². The molecule has 0 atom stereocenters. The summed E-state index contributed by atoms with van der Waals surface area (Å²) in [5, 5.41) is 8.85. The number of carboxylic acids is 1. The second kappa shape index (κ2) is 15.9. The summed E-state index contributed by atoms with van der Waals surface area (Å²) in [5.41, 5.74) is 4.71. The minimum Gasteiger partial charge on any atom is -0.493 e. The van der Waals surface area contributed by atoms with Crippen LogP contribution in [0.5, 0.6) is 5.75 Å². The molecule has 0 spiro atoms. The molecular weight excluding hydrogens is 494 g/mol. The average molecular weight is 540 g/mol. The van der Waals surface area contributed by atoms with E-state index in [1.807, 2.05) is 58.9 Å². The van der Waals surface area contributed by atoms with Crippen LogP contribution in [0, 0.1) is 13.8 Å². The number of carboxylic acid groups (broad SMARTS) is 1. The molecule has 0 heterocycles. The van der Waals surface area contributed by atoms with Crippen molar-refractivity contribution in [2.24, 2.45) is 0 Å². The molecule has 0 aliphatic heterocycles. The lowest BCUT2D eigenvalue weighted by Gasteiger charge is -2.28. The molecule has 0 aromatic heterocycles. The van der Waals surface area contributed by atoms with Crippen LogP contribution in [0.4, 0.5) is 10.5 Å². The molecule has 2 aromatic rings. The van der Waals surface area contributed by atoms with Crippen LogP contribution in [-0.4, -0.2) is 42.2 Å². The lowest BCUT2D eigenvalue weighted by atomic mass is 9.97. The number of unbranched alkanes of at least 4 members (excludes halogenated alkanes) is 3. The van der Waals surface area contributed by atoms with Crippen LogP contribution >= 0.6 is 0 Å². The molecular formula is C32H45NO6. The number of hydrogen-bond donors (Lipinski definition) is 1. The highest BCUT2D eigenvalue weighted by Gasteiger charge is 2.23. The first-order chi connectivity index (χ1) is 18.5. The zero-order valence-corrected chi connectivity index (χ0v) is 24.3. The van der Waals surface area contributed by atoms with Gasteiger partial charge in [0.1, 0.15) is 17.6 Å². The quantitative estimate of drug-likeness (QED) is 0.179. The van der Waals surface area contributed by atoms with Gasteiger partial charge in [0.05, 0.1) is 6.61 Å². The molecule has 39 heavy (non-hydrogen) atoms. The monoisotopic (exact) mass is 539 g/mol.